The second-order valence-electron chi connectivity index (χ2n) is 6.55. The molecule has 9 heteroatoms. The number of para-hydroxylation sites is 1. The molecule has 0 saturated heterocycles. The van der Waals surface area contributed by atoms with E-state index < -0.39 is 27.5 Å². The summed E-state index contributed by atoms with van der Waals surface area (Å²) in [5.41, 5.74) is 10.00. The summed E-state index contributed by atoms with van der Waals surface area (Å²) in [4.78, 5) is 27.2. The minimum atomic E-state index is -3.91. The van der Waals surface area contributed by atoms with Crippen LogP contribution in [0.15, 0.2) is 59.6 Å². The number of fused-ring (bicyclic) bond motifs is 1. The first-order chi connectivity index (χ1) is 14.3. The number of Topliss-reactive ketones (excluding diaryl/α,β-unsaturated/α-hetero) is 1. The van der Waals surface area contributed by atoms with Crippen LogP contribution in [0.1, 0.15) is 18.1 Å². The molecule has 3 aromatic rings. The molecule has 0 amide bonds. The predicted octanol–water partition coefficient (Wildman–Crippen LogP) is 2.53. The molecule has 0 fully saturated rings. The zero-order chi connectivity index (χ0) is 21.9. The molecule has 1 heterocycles. The van der Waals surface area contributed by atoms with E-state index in [0.717, 1.165) is 9.54 Å². The molecule has 0 saturated carbocycles. The fourth-order valence-corrected chi connectivity index (χ4v) is 4.44. The van der Waals surface area contributed by atoms with Crippen molar-refractivity contribution in [2.24, 2.45) is 0 Å². The highest BCUT2D eigenvalue weighted by Crippen LogP contribution is 2.26. The Morgan fingerprint density at radius 2 is 1.77 bits per heavy atom. The molecule has 0 spiro atoms. The minimum absolute atomic E-state index is 0.0131. The van der Waals surface area contributed by atoms with Crippen LogP contribution in [-0.4, -0.2) is 41.3 Å². The highest BCUT2D eigenvalue weighted by atomic mass is 32.2. The summed E-state index contributed by atoms with van der Waals surface area (Å²) in [7, 11) is -3.91. The lowest BCUT2D eigenvalue weighted by atomic mass is 10.1. The van der Waals surface area contributed by atoms with Crippen molar-refractivity contribution < 1.29 is 27.5 Å². The lowest BCUT2D eigenvalue weighted by molar-refractivity contribution is -0.141. The molecular weight excluding hydrogens is 406 g/mol. The van der Waals surface area contributed by atoms with Gasteiger partial charge in [-0.3, -0.25) is 4.79 Å². The van der Waals surface area contributed by atoms with Gasteiger partial charge in [0.2, 0.25) is 0 Å². The second-order valence-corrected chi connectivity index (χ2v) is 8.37. The van der Waals surface area contributed by atoms with Gasteiger partial charge in [-0.1, -0.05) is 35.9 Å². The number of aromatic nitrogens is 1. The Labute approximate surface area is 173 Å². The average molecular weight is 425 g/mol. The molecular formula is C21H19N3O5S. The molecule has 0 aliphatic rings. The van der Waals surface area contributed by atoms with E-state index in [-0.39, 0.29) is 17.9 Å². The zero-order valence-corrected chi connectivity index (χ0v) is 17.2. The van der Waals surface area contributed by atoms with E-state index in [1.807, 2.05) is 6.92 Å². The molecule has 0 N–H and O–H groups in total. The van der Waals surface area contributed by atoms with Crippen molar-refractivity contribution in [3.8, 4) is 0 Å². The Kier molecular flexibility index (Phi) is 5.96. The quantitative estimate of drug-likeness (QED) is 0.189. The molecule has 0 radical (unpaired) electrons. The lowest BCUT2D eigenvalue weighted by Gasteiger charge is -2.07. The van der Waals surface area contributed by atoms with Gasteiger partial charge in [-0.25, -0.2) is 17.2 Å². The summed E-state index contributed by atoms with van der Waals surface area (Å²) < 4.78 is 32.2. The first-order valence-corrected chi connectivity index (χ1v) is 10.6. The topological polar surface area (TPSA) is 119 Å². The van der Waals surface area contributed by atoms with E-state index in [1.54, 1.807) is 43.3 Å². The van der Waals surface area contributed by atoms with Gasteiger partial charge in [-0.05, 0) is 37.6 Å². The summed E-state index contributed by atoms with van der Waals surface area (Å²) in [5, 5.41) is 0.530. The number of nitrogens with zero attached hydrogens (tertiary/aromatic N) is 3. The molecule has 154 valence electrons. The number of esters is 1. The molecule has 8 nitrogen and oxygen atoms in total. The smallest absolute Gasteiger partial charge is 0.441 e. The van der Waals surface area contributed by atoms with Gasteiger partial charge < -0.3 is 10.3 Å². The maximum Gasteiger partial charge on any atom is 0.441 e. The highest BCUT2D eigenvalue weighted by molar-refractivity contribution is 7.90. The molecule has 1 aromatic heterocycles. The van der Waals surface area contributed by atoms with Gasteiger partial charge in [0.15, 0.2) is 0 Å². The summed E-state index contributed by atoms with van der Waals surface area (Å²) in [6.45, 7) is 3.43. The molecule has 0 unspecified atom stereocenters. The van der Waals surface area contributed by atoms with E-state index >= 15 is 0 Å². The first kappa shape index (κ1) is 21.2. The fraction of sp³-hybridized carbons (Fsp3) is 0.190. The van der Waals surface area contributed by atoms with Gasteiger partial charge in [0.25, 0.3) is 15.8 Å². The van der Waals surface area contributed by atoms with Gasteiger partial charge in [-0.2, -0.15) is 4.79 Å². The Morgan fingerprint density at radius 1 is 1.10 bits per heavy atom. The normalized spacial score (nSPS) is 11.1. The molecule has 30 heavy (non-hydrogen) atoms. The van der Waals surface area contributed by atoms with Gasteiger partial charge in [-0.15, -0.1) is 0 Å². The van der Waals surface area contributed by atoms with Gasteiger partial charge in [0, 0.05) is 18.0 Å². The number of hydrogen-bond acceptors (Lipinski definition) is 5. The average Bonchev–Trinajstić information content (AvgIpc) is 3.08. The van der Waals surface area contributed by atoms with E-state index in [0.29, 0.717) is 16.5 Å². The van der Waals surface area contributed by atoms with Gasteiger partial charge in [0.1, 0.15) is 0 Å². The van der Waals surface area contributed by atoms with Crippen molar-refractivity contribution >= 4 is 38.4 Å². The number of hydrogen-bond donors (Lipinski definition) is 0. The van der Waals surface area contributed by atoms with Crippen molar-refractivity contribution in [3.63, 3.8) is 0 Å². The summed E-state index contributed by atoms with van der Waals surface area (Å²) in [6.07, 6.45) is 1.01. The van der Waals surface area contributed by atoms with Crippen molar-refractivity contribution in [2.45, 2.75) is 25.2 Å². The third-order valence-corrected chi connectivity index (χ3v) is 6.21. The maximum absolute atomic E-state index is 13.2. The molecule has 2 aromatic carbocycles. The number of ether oxygens (including phenoxy) is 1. The standard InChI is InChI=1S/C21H19N3O5S/c1-3-29-21(26)20(23-22)19(25)12-15-13-24(18-7-5-4-6-17(15)18)30(27,28)16-10-8-14(2)9-11-16/h4-11,13H,3,12H2,1-2H3. The number of ketones is 1. The monoisotopic (exact) mass is 425 g/mol. The first-order valence-electron chi connectivity index (χ1n) is 9.13. The SMILES string of the molecule is CCOC(=O)C(=[N+]=[N-])C(=O)Cc1cn(S(=O)(=O)c2ccc(C)cc2)c2ccccc12. The largest absolute Gasteiger partial charge is 0.457 e. The van der Waals surface area contributed by atoms with Gasteiger partial charge >= 0.3 is 11.7 Å². The Bertz CT molecular complexity index is 1280. The van der Waals surface area contributed by atoms with Crippen LogP contribution in [-0.2, 0) is 30.8 Å². The van der Waals surface area contributed by atoms with Crippen LogP contribution in [0, 0.1) is 6.92 Å². The summed E-state index contributed by atoms with van der Waals surface area (Å²) >= 11 is 0. The molecule has 0 aliphatic carbocycles. The van der Waals surface area contributed by atoms with Crippen LogP contribution < -0.4 is 0 Å². The summed E-state index contributed by atoms with van der Waals surface area (Å²) in [6, 6.07) is 13.1. The number of carbonyl (C=O) groups is 2. The Balaban J connectivity index is 2.07. The van der Waals surface area contributed by atoms with E-state index in [2.05, 4.69) is 4.79 Å². The van der Waals surface area contributed by atoms with Crippen LogP contribution in [0.25, 0.3) is 16.4 Å². The molecule has 3 rings (SSSR count). The van der Waals surface area contributed by atoms with Crippen molar-refractivity contribution in [3.05, 3.63) is 71.4 Å². The second kappa shape index (κ2) is 8.44. The van der Waals surface area contributed by atoms with Crippen LogP contribution in [0.3, 0.4) is 0 Å². The number of carbonyl (C=O) groups excluding carboxylic acids is 2. The van der Waals surface area contributed by atoms with Crippen molar-refractivity contribution in [1.82, 2.24) is 3.97 Å². The van der Waals surface area contributed by atoms with Crippen LogP contribution in [0.5, 0.6) is 0 Å². The Morgan fingerprint density at radius 3 is 2.40 bits per heavy atom. The van der Waals surface area contributed by atoms with E-state index in [4.69, 9.17) is 10.3 Å². The van der Waals surface area contributed by atoms with E-state index in [1.165, 1.54) is 18.3 Å². The highest BCUT2D eigenvalue weighted by Gasteiger charge is 2.32. The van der Waals surface area contributed by atoms with Gasteiger partial charge in [0.05, 0.1) is 17.0 Å². The number of aryl methyl sites for hydroxylation is 1. The van der Waals surface area contributed by atoms with Crippen molar-refractivity contribution in [1.29, 1.82) is 0 Å². The van der Waals surface area contributed by atoms with Crippen LogP contribution in [0.2, 0.25) is 0 Å². The minimum Gasteiger partial charge on any atom is -0.457 e. The van der Waals surface area contributed by atoms with Crippen LogP contribution in [0.4, 0.5) is 0 Å². The van der Waals surface area contributed by atoms with Crippen molar-refractivity contribution in [2.75, 3.05) is 6.61 Å². The summed E-state index contributed by atoms with van der Waals surface area (Å²) in [5.74, 6) is -1.83. The Hall–Kier alpha value is -3.55. The molecule has 0 bridgehead atoms. The molecule has 0 atom stereocenters. The zero-order valence-electron chi connectivity index (χ0n) is 16.4. The number of benzene rings is 2. The van der Waals surface area contributed by atoms with Crippen LogP contribution >= 0.6 is 0 Å². The fourth-order valence-electron chi connectivity index (χ4n) is 3.05. The molecule has 0 aliphatic heterocycles. The lowest BCUT2D eigenvalue weighted by Crippen LogP contribution is -2.28. The third-order valence-electron chi connectivity index (χ3n) is 4.52. The predicted molar refractivity (Wildman–Crippen MR) is 110 cm³/mol. The third kappa shape index (κ3) is 3.94. The van der Waals surface area contributed by atoms with E-state index in [9.17, 15) is 18.0 Å². The number of rotatable bonds is 7. The maximum atomic E-state index is 13.2.